The van der Waals surface area contributed by atoms with Gasteiger partial charge in [-0.1, -0.05) is 34.1 Å². The summed E-state index contributed by atoms with van der Waals surface area (Å²) in [6.45, 7) is 16.1. The van der Waals surface area contributed by atoms with Crippen LogP contribution in [0.25, 0.3) is 0 Å². The van der Waals surface area contributed by atoms with Gasteiger partial charge in [-0.15, -0.1) is 0 Å². The molecule has 8 nitrogen and oxygen atoms in total. The standard InChI is InChI=1S/C13H24O3.C11H20O5/c1-6-8(2)7-10-9(3)11-12(14-10)16-13(4,5)15-11;1-6-8(4-7(13)5-12)14-10-9(6)15-11(2,3)16-10/h8-12H,6-7H2,1-5H3;6-10,12-13H,4-5H2,1-3H3/t8?,9-,10+,11?,12+;6-,7?,8+,9?,10+/m00/s1. The molecule has 32 heavy (non-hydrogen) atoms. The SMILES string of the molecule is CCC(C)C[C@H]1O[C@@H]2OC(C)(C)OC2[C@H]1C.C[C@@H]1C2OC(C)(C)O[C@H]2O[C@@H]1CC(O)CO. The van der Waals surface area contributed by atoms with Crippen LogP contribution in [0.15, 0.2) is 0 Å². The van der Waals surface area contributed by atoms with E-state index < -0.39 is 17.7 Å². The van der Waals surface area contributed by atoms with Crippen LogP contribution in [-0.4, -0.2) is 71.5 Å². The van der Waals surface area contributed by atoms with Crippen LogP contribution in [0.5, 0.6) is 0 Å². The van der Waals surface area contributed by atoms with E-state index in [0.717, 1.165) is 6.42 Å². The van der Waals surface area contributed by atoms with Gasteiger partial charge in [-0.3, -0.25) is 0 Å². The third-order valence-corrected chi connectivity index (χ3v) is 7.05. The van der Waals surface area contributed by atoms with Crippen molar-refractivity contribution >= 4 is 0 Å². The summed E-state index contributed by atoms with van der Waals surface area (Å²) in [7, 11) is 0. The molecule has 4 rings (SSSR count). The summed E-state index contributed by atoms with van der Waals surface area (Å²) in [5, 5.41) is 18.2. The van der Waals surface area contributed by atoms with Crippen molar-refractivity contribution in [2.24, 2.45) is 17.8 Å². The molecule has 4 aliphatic heterocycles. The molecule has 0 amide bonds. The van der Waals surface area contributed by atoms with Crippen molar-refractivity contribution in [1.29, 1.82) is 0 Å². The topological polar surface area (TPSA) is 95.8 Å². The van der Waals surface area contributed by atoms with Gasteiger partial charge >= 0.3 is 0 Å². The molecule has 8 heteroatoms. The van der Waals surface area contributed by atoms with Gasteiger partial charge in [-0.2, -0.15) is 0 Å². The van der Waals surface area contributed by atoms with Crippen LogP contribution in [0.4, 0.5) is 0 Å². The molecule has 0 radical (unpaired) electrons. The summed E-state index contributed by atoms with van der Waals surface area (Å²) >= 11 is 0. The maximum atomic E-state index is 9.39. The van der Waals surface area contributed by atoms with Crippen LogP contribution in [-0.2, 0) is 28.4 Å². The minimum Gasteiger partial charge on any atom is -0.394 e. The molecule has 4 saturated heterocycles. The first-order valence-electron chi connectivity index (χ1n) is 12.2. The Morgan fingerprint density at radius 2 is 1.22 bits per heavy atom. The van der Waals surface area contributed by atoms with E-state index in [2.05, 4.69) is 20.8 Å². The van der Waals surface area contributed by atoms with Crippen molar-refractivity contribution in [3.8, 4) is 0 Å². The monoisotopic (exact) mass is 460 g/mol. The van der Waals surface area contributed by atoms with Crippen molar-refractivity contribution in [3.63, 3.8) is 0 Å². The largest absolute Gasteiger partial charge is 0.394 e. The number of hydrogen-bond donors (Lipinski definition) is 2. The summed E-state index contributed by atoms with van der Waals surface area (Å²) in [4.78, 5) is 0. The van der Waals surface area contributed by atoms with Crippen LogP contribution in [0.3, 0.4) is 0 Å². The molecule has 4 heterocycles. The zero-order valence-electron chi connectivity index (χ0n) is 20.9. The quantitative estimate of drug-likeness (QED) is 0.624. The summed E-state index contributed by atoms with van der Waals surface area (Å²) in [6, 6.07) is 0. The summed E-state index contributed by atoms with van der Waals surface area (Å²) in [5.74, 6) is 0.225. The van der Waals surface area contributed by atoms with E-state index >= 15 is 0 Å². The van der Waals surface area contributed by atoms with E-state index in [1.54, 1.807) is 0 Å². The Labute approximate surface area is 192 Å². The molecule has 0 aromatic rings. The fourth-order valence-electron chi connectivity index (χ4n) is 4.90. The maximum absolute atomic E-state index is 9.39. The number of rotatable bonds is 6. The molecule has 2 N–H and O–H groups in total. The lowest BCUT2D eigenvalue weighted by Crippen LogP contribution is -2.31. The van der Waals surface area contributed by atoms with Crippen molar-refractivity contribution in [2.75, 3.05) is 6.61 Å². The third kappa shape index (κ3) is 6.02. The number of fused-ring (bicyclic) bond motifs is 2. The maximum Gasteiger partial charge on any atom is 0.187 e. The lowest BCUT2D eigenvalue weighted by Gasteiger charge is -2.25. The second kappa shape index (κ2) is 10.1. The molecule has 4 unspecified atom stereocenters. The van der Waals surface area contributed by atoms with Crippen LogP contribution in [0, 0.1) is 17.8 Å². The number of aliphatic hydroxyl groups is 2. The molecule has 0 aromatic carbocycles. The van der Waals surface area contributed by atoms with Gasteiger partial charge in [-0.25, -0.2) is 0 Å². The van der Waals surface area contributed by atoms with Gasteiger partial charge < -0.3 is 38.6 Å². The smallest absolute Gasteiger partial charge is 0.187 e. The van der Waals surface area contributed by atoms with Crippen molar-refractivity contribution in [2.45, 2.75) is 129 Å². The summed E-state index contributed by atoms with van der Waals surface area (Å²) < 4.78 is 34.6. The minimum absolute atomic E-state index is 0.0779. The minimum atomic E-state index is -0.737. The summed E-state index contributed by atoms with van der Waals surface area (Å²) in [5.41, 5.74) is 0. The fraction of sp³-hybridized carbons (Fsp3) is 1.00. The predicted octanol–water partition coefficient (Wildman–Crippen LogP) is 3.18. The van der Waals surface area contributed by atoms with Crippen LogP contribution < -0.4 is 0 Å². The second-order valence-electron chi connectivity index (χ2n) is 10.8. The van der Waals surface area contributed by atoms with E-state index in [0.29, 0.717) is 24.4 Å². The first-order chi connectivity index (χ1) is 14.9. The van der Waals surface area contributed by atoms with Crippen molar-refractivity contribution in [1.82, 2.24) is 0 Å². The van der Waals surface area contributed by atoms with Gasteiger partial charge in [0.15, 0.2) is 24.2 Å². The van der Waals surface area contributed by atoms with Crippen molar-refractivity contribution < 1.29 is 38.6 Å². The molecule has 0 spiro atoms. The molecule has 0 aliphatic carbocycles. The van der Waals surface area contributed by atoms with E-state index in [4.69, 9.17) is 33.5 Å². The Balaban J connectivity index is 0.000000181. The third-order valence-electron chi connectivity index (χ3n) is 7.05. The number of ether oxygens (including phenoxy) is 6. The summed E-state index contributed by atoms with van der Waals surface area (Å²) in [6.07, 6.45) is 1.70. The lowest BCUT2D eigenvalue weighted by molar-refractivity contribution is -0.212. The Morgan fingerprint density at radius 3 is 1.59 bits per heavy atom. The van der Waals surface area contributed by atoms with E-state index in [-0.39, 0.29) is 43.4 Å². The predicted molar refractivity (Wildman–Crippen MR) is 118 cm³/mol. The molecule has 188 valence electrons. The van der Waals surface area contributed by atoms with Crippen molar-refractivity contribution in [3.05, 3.63) is 0 Å². The highest BCUT2D eigenvalue weighted by molar-refractivity contribution is 4.92. The fourth-order valence-corrected chi connectivity index (χ4v) is 4.90. The number of hydrogen-bond acceptors (Lipinski definition) is 8. The highest BCUT2D eigenvalue weighted by Gasteiger charge is 2.53. The zero-order chi connectivity index (χ0) is 23.8. The second-order valence-corrected chi connectivity index (χ2v) is 10.8. The Hall–Kier alpha value is -0.320. The van der Waals surface area contributed by atoms with E-state index in [1.807, 2.05) is 34.6 Å². The first kappa shape index (κ1) is 26.3. The van der Waals surface area contributed by atoms with Gasteiger partial charge in [0.2, 0.25) is 0 Å². The van der Waals surface area contributed by atoms with Crippen LogP contribution in [0.1, 0.15) is 74.7 Å². The zero-order valence-corrected chi connectivity index (χ0v) is 20.9. The van der Waals surface area contributed by atoms with Gasteiger partial charge in [0.05, 0.1) is 24.9 Å². The molecule has 0 saturated carbocycles. The highest BCUT2D eigenvalue weighted by Crippen LogP contribution is 2.43. The average molecular weight is 461 g/mol. The van der Waals surface area contributed by atoms with Crippen LogP contribution in [0.2, 0.25) is 0 Å². The molecular formula is C24H44O8. The Morgan fingerprint density at radius 1 is 0.781 bits per heavy atom. The normalized spacial score (nSPS) is 43.3. The van der Waals surface area contributed by atoms with Gasteiger partial charge in [0, 0.05) is 18.3 Å². The molecule has 0 aromatic heterocycles. The molecule has 4 fully saturated rings. The lowest BCUT2D eigenvalue weighted by atomic mass is 9.92. The molecular weight excluding hydrogens is 416 g/mol. The molecule has 4 aliphatic rings. The molecule has 0 bridgehead atoms. The Kier molecular flexibility index (Phi) is 8.31. The van der Waals surface area contributed by atoms with Crippen LogP contribution >= 0.6 is 0 Å². The highest BCUT2D eigenvalue weighted by atomic mass is 16.8. The number of aliphatic hydroxyl groups excluding tert-OH is 2. The van der Waals surface area contributed by atoms with Gasteiger partial charge in [0.1, 0.15) is 12.2 Å². The molecule has 10 atom stereocenters. The average Bonchev–Trinajstić information content (AvgIpc) is 3.35. The van der Waals surface area contributed by atoms with Gasteiger partial charge in [-0.05, 0) is 40.0 Å². The van der Waals surface area contributed by atoms with E-state index in [9.17, 15) is 5.11 Å². The van der Waals surface area contributed by atoms with E-state index in [1.165, 1.54) is 6.42 Å². The Bertz CT molecular complexity index is 559. The first-order valence-corrected chi connectivity index (χ1v) is 12.2. The van der Waals surface area contributed by atoms with Gasteiger partial charge in [0.25, 0.3) is 0 Å².